The summed E-state index contributed by atoms with van der Waals surface area (Å²) in [5.41, 5.74) is 7.77. The van der Waals surface area contributed by atoms with Gasteiger partial charge in [0.05, 0.1) is 5.56 Å². The fourth-order valence-electron chi connectivity index (χ4n) is 6.42. The quantitative estimate of drug-likeness (QED) is 0.344. The maximum atomic E-state index is 14.6. The highest BCUT2D eigenvalue weighted by molar-refractivity contribution is 5.98. The molecule has 1 amide bonds. The molecule has 45 heavy (non-hydrogen) atoms. The van der Waals surface area contributed by atoms with Crippen LogP contribution in [0.1, 0.15) is 41.7 Å². The molecule has 3 saturated heterocycles. The molecule has 3 aliphatic rings. The van der Waals surface area contributed by atoms with E-state index in [0.29, 0.717) is 25.1 Å². The third kappa shape index (κ3) is 7.01. The van der Waals surface area contributed by atoms with Crippen molar-refractivity contribution < 1.29 is 13.9 Å². The Hall–Kier alpha value is -4.31. The summed E-state index contributed by atoms with van der Waals surface area (Å²) in [6, 6.07) is 14.9. The minimum atomic E-state index is -0.793. The molecule has 0 aliphatic carbocycles. The molecule has 3 aliphatic heterocycles. The Bertz CT molecular complexity index is 1540. The number of anilines is 4. The molecule has 236 valence electrons. The van der Waals surface area contributed by atoms with Gasteiger partial charge in [0, 0.05) is 81.5 Å². The van der Waals surface area contributed by atoms with Gasteiger partial charge < -0.3 is 30.9 Å². The van der Waals surface area contributed by atoms with E-state index in [2.05, 4.69) is 49.5 Å². The number of nitrogens with two attached hydrogens (primary N) is 1. The molecule has 4 heterocycles. The third-order valence-electron chi connectivity index (χ3n) is 9.09. The Kier molecular flexibility index (Phi) is 9.39. The van der Waals surface area contributed by atoms with Crippen molar-refractivity contribution in [1.82, 2.24) is 19.8 Å². The summed E-state index contributed by atoms with van der Waals surface area (Å²) in [6.07, 6.45) is 3.78. The van der Waals surface area contributed by atoms with E-state index in [1.165, 1.54) is 12.1 Å². The van der Waals surface area contributed by atoms with Crippen molar-refractivity contribution in [3.05, 3.63) is 59.5 Å². The Morgan fingerprint density at radius 2 is 1.69 bits per heavy atom. The number of hydrogen-bond acceptors (Lipinski definition) is 10. The van der Waals surface area contributed by atoms with Crippen molar-refractivity contribution in [3.8, 4) is 17.3 Å². The van der Waals surface area contributed by atoms with E-state index in [-0.39, 0.29) is 34.4 Å². The zero-order valence-corrected chi connectivity index (χ0v) is 25.6. The summed E-state index contributed by atoms with van der Waals surface area (Å²) in [6.45, 7) is 7.76. The summed E-state index contributed by atoms with van der Waals surface area (Å²) in [5, 5.41) is 16.3. The van der Waals surface area contributed by atoms with Crippen LogP contribution >= 0.6 is 0 Å². The number of hydrogen-bond donors (Lipinski definition) is 3. The molecule has 12 heteroatoms. The SMILES string of the molecule is CN1CCN(C2CCN(c3ccc(Nc4nc(NC5CCOCC5)c(-c5cccc(F)c5C#N)nc4C(N)=O)cc3)CC2)CC1. The highest BCUT2D eigenvalue weighted by Crippen LogP contribution is 2.34. The van der Waals surface area contributed by atoms with Crippen molar-refractivity contribution in [1.29, 1.82) is 5.26 Å². The molecule has 3 fully saturated rings. The van der Waals surface area contributed by atoms with E-state index in [1.807, 2.05) is 18.2 Å². The molecule has 0 saturated carbocycles. The van der Waals surface area contributed by atoms with Crippen LogP contribution in [0.15, 0.2) is 42.5 Å². The Morgan fingerprint density at radius 1 is 0.978 bits per heavy atom. The first-order chi connectivity index (χ1) is 21.9. The van der Waals surface area contributed by atoms with E-state index in [0.717, 1.165) is 76.3 Å². The molecule has 0 atom stereocenters. The summed E-state index contributed by atoms with van der Waals surface area (Å²) in [5.74, 6) is -0.966. The minimum absolute atomic E-state index is 0.0258. The predicted octanol–water partition coefficient (Wildman–Crippen LogP) is 3.80. The maximum Gasteiger partial charge on any atom is 0.271 e. The van der Waals surface area contributed by atoms with Crippen LogP contribution in [0.25, 0.3) is 11.3 Å². The van der Waals surface area contributed by atoms with Crippen LogP contribution in [0.4, 0.5) is 27.4 Å². The molecule has 1 aromatic heterocycles. The number of aromatic nitrogens is 2. The van der Waals surface area contributed by atoms with Gasteiger partial charge in [0.2, 0.25) is 0 Å². The third-order valence-corrected chi connectivity index (χ3v) is 9.09. The molecule has 4 N–H and O–H groups in total. The number of ether oxygens (including phenoxy) is 1. The minimum Gasteiger partial charge on any atom is -0.381 e. The standard InChI is InChI=1S/C33H40FN9O2/c1-41-15-17-43(18-16-41)25-9-13-42(14-10-25)24-7-5-22(6-8-24)37-33-30(31(36)44)39-29(26-3-2-4-28(34)27(26)21-35)32(40-33)38-23-11-19-45-20-12-23/h2-8,23,25H,9-20H2,1H3,(H2,36,44)(H2,37,38,40). The molecule has 0 bridgehead atoms. The monoisotopic (exact) mass is 613 g/mol. The van der Waals surface area contributed by atoms with Crippen molar-refractivity contribution in [2.45, 2.75) is 37.8 Å². The molecule has 0 unspecified atom stereocenters. The lowest BCUT2D eigenvalue weighted by molar-refractivity contribution is 0.0904. The van der Waals surface area contributed by atoms with Crippen molar-refractivity contribution >= 4 is 28.9 Å². The molecule has 0 spiro atoms. The molecule has 11 nitrogen and oxygen atoms in total. The van der Waals surface area contributed by atoms with Crippen LogP contribution in [0.5, 0.6) is 0 Å². The number of nitrogens with one attached hydrogen (secondary N) is 2. The number of carbonyl (C=O) groups is 1. The molecule has 6 rings (SSSR count). The summed E-state index contributed by atoms with van der Waals surface area (Å²) in [7, 11) is 2.19. The van der Waals surface area contributed by atoms with Crippen molar-refractivity contribution in [2.24, 2.45) is 5.73 Å². The van der Waals surface area contributed by atoms with Gasteiger partial charge in [-0.1, -0.05) is 12.1 Å². The lowest BCUT2D eigenvalue weighted by atomic mass is 10.0. The molecular weight excluding hydrogens is 573 g/mol. The van der Waals surface area contributed by atoms with Crippen molar-refractivity contribution in [2.75, 3.05) is 75.1 Å². The molecular formula is C33H40FN9O2. The van der Waals surface area contributed by atoms with Crippen LogP contribution in [0.2, 0.25) is 0 Å². The van der Waals surface area contributed by atoms with Gasteiger partial charge >= 0.3 is 0 Å². The number of piperidine rings is 1. The lowest BCUT2D eigenvalue weighted by Gasteiger charge is -2.42. The molecule has 2 aromatic carbocycles. The van der Waals surface area contributed by atoms with Gasteiger partial charge in [0.25, 0.3) is 5.91 Å². The fourth-order valence-corrected chi connectivity index (χ4v) is 6.42. The highest BCUT2D eigenvalue weighted by Gasteiger charge is 2.27. The van der Waals surface area contributed by atoms with Crippen LogP contribution in [-0.4, -0.2) is 97.3 Å². The first-order valence-corrected chi connectivity index (χ1v) is 15.7. The summed E-state index contributed by atoms with van der Waals surface area (Å²) in [4.78, 5) is 29.4. The van der Waals surface area contributed by atoms with Crippen LogP contribution in [0, 0.1) is 17.1 Å². The smallest absolute Gasteiger partial charge is 0.271 e. The number of piperazine rings is 1. The van der Waals surface area contributed by atoms with Gasteiger partial charge in [-0.25, -0.2) is 14.4 Å². The first-order valence-electron chi connectivity index (χ1n) is 15.7. The second-order valence-electron chi connectivity index (χ2n) is 12.0. The largest absolute Gasteiger partial charge is 0.381 e. The summed E-state index contributed by atoms with van der Waals surface area (Å²) < 4.78 is 20.1. The summed E-state index contributed by atoms with van der Waals surface area (Å²) >= 11 is 0. The van der Waals surface area contributed by atoms with Crippen LogP contribution in [-0.2, 0) is 4.74 Å². The van der Waals surface area contributed by atoms with E-state index < -0.39 is 11.7 Å². The Morgan fingerprint density at radius 3 is 2.36 bits per heavy atom. The van der Waals surface area contributed by atoms with Gasteiger partial charge in [0.15, 0.2) is 17.3 Å². The second kappa shape index (κ2) is 13.8. The van der Waals surface area contributed by atoms with Gasteiger partial charge in [-0.15, -0.1) is 0 Å². The van der Waals surface area contributed by atoms with E-state index in [4.69, 9.17) is 15.5 Å². The number of nitriles is 1. The van der Waals surface area contributed by atoms with Gasteiger partial charge in [-0.05, 0) is 63.1 Å². The zero-order chi connectivity index (χ0) is 31.3. The van der Waals surface area contributed by atoms with Crippen molar-refractivity contribution in [3.63, 3.8) is 0 Å². The van der Waals surface area contributed by atoms with Crippen LogP contribution < -0.4 is 21.3 Å². The van der Waals surface area contributed by atoms with Gasteiger partial charge in [-0.2, -0.15) is 5.26 Å². The number of nitrogens with zero attached hydrogens (tertiary/aromatic N) is 6. The number of benzene rings is 2. The number of carbonyl (C=O) groups excluding carboxylic acids is 1. The normalized spacial score (nSPS) is 18.8. The predicted molar refractivity (Wildman–Crippen MR) is 172 cm³/mol. The Balaban J connectivity index is 1.23. The van der Waals surface area contributed by atoms with Crippen LogP contribution in [0.3, 0.4) is 0 Å². The number of rotatable bonds is 8. The Labute approximate surface area is 263 Å². The molecule has 0 radical (unpaired) electrons. The van der Waals surface area contributed by atoms with E-state index in [9.17, 15) is 14.4 Å². The number of amides is 1. The number of halogens is 1. The maximum absolute atomic E-state index is 14.6. The average Bonchev–Trinajstić information content (AvgIpc) is 3.06. The van der Waals surface area contributed by atoms with Gasteiger partial charge in [0.1, 0.15) is 17.6 Å². The number of likely N-dealkylation sites (N-methyl/N-ethyl adjacent to an activating group) is 1. The highest BCUT2D eigenvalue weighted by atomic mass is 19.1. The van der Waals surface area contributed by atoms with E-state index >= 15 is 0 Å². The second-order valence-corrected chi connectivity index (χ2v) is 12.0. The molecule has 3 aromatic rings. The average molecular weight is 614 g/mol. The zero-order valence-electron chi connectivity index (χ0n) is 25.6. The first kappa shape index (κ1) is 30.7. The topological polar surface area (TPSA) is 136 Å². The van der Waals surface area contributed by atoms with E-state index in [1.54, 1.807) is 6.07 Å². The fraction of sp³-hybridized carbons (Fsp3) is 0.455. The lowest BCUT2D eigenvalue weighted by Crippen LogP contribution is -2.52. The number of primary amides is 1. The van der Waals surface area contributed by atoms with Gasteiger partial charge in [-0.3, -0.25) is 9.69 Å².